The lowest BCUT2D eigenvalue weighted by atomic mass is 10.0. The number of imidazole rings is 1. The normalized spacial score (nSPS) is 12.8. The Bertz CT molecular complexity index is 704. The molecule has 0 aromatic carbocycles. The standard InChI is InChI=1S/C10H14ClN5O2S/c1-10(2,3)4-19(17,18)16-9-14-7(11)6-8(15-9)13-5-12-6/h5H,4H2,1-3H3,(H2,12,13,14,15,16). The topological polar surface area (TPSA) is 101 Å². The van der Waals surface area contributed by atoms with E-state index in [9.17, 15) is 8.42 Å². The summed E-state index contributed by atoms with van der Waals surface area (Å²) in [6, 6.07) is 0. The molecule has 0 radical (unpaired) electrons. The van der Waals surface area contributed by atoms with Gasteiger partial charge in [0.25, 0.3) is 0 Å². The summed E-state index contributed by atoms with van der Waals surface area (Å²) in [5.41, 5.74) is 0.417. The Morgan fingerprint density at radius 3 is 2.68 bits per heavy atom. The fourth-order valence-corrected chi connectivity index (χ4v) is 3.39. The molecule has 2 rings (SSSR count). The van der Waals surface area contributed by atoms with Crippen LogP contribution in [0.2, 0.25) is 5.15 Å². The summed E-state index contributed by atoms with van der Waals surface area (Å²) in [6.07, 6.45) is 1.42. The highest BCUT2D eigenvalue weighted by Gasteiger charge is 2.23. The van der Waals surface area contributed by atoms with Gasteiger partial charge in [0.1, 0.15) is 5.52 Å². The van der Waals surface area contributed by atoms with Crippen LogP contribution in [0.5, 0.6) is 0 Å². The van der Waals surface area contributed by atoms with E-state index < -0.39 is 10.0 Å². The number of anilines is 1. The minimum Gasteiger partial charge on any atom is -0.341 e. The first kappa shape index (κ1) is 14.0. The molecule has 2 heterocycles. The van der Waals surface area contributed by atoms with Gasteiger partial charge in [-0.15, -0.1) is 0 Å². The smallest absolute Gasteiger partial charge is 0.240 e. The lowest BCUT2D eigenvalue weighted by Crippen LogP contribution is -2.27. The molecule has 19 heavy (non-hydrogen) atoms. The maximum absolute atomic E-state index is 11.9. The van der Waals surface area contributed by atoms with E-state index in [1.165, 1.54) is 6.33 Å². The van der Waals surface area contributed by atoms with Crippen molar-refractivity contribution in [3.05, 3.63) is 11.5 Å². The van der Waals surface area contributed by atoms with E-state index in [1.54, 1.807) is 0 Å². The van der Waals surface area contributed by atoms with Crippen LogP contribution in [0.3, 0.4) is 0 Å². The van der Waals surface area contributed by atoms with E-state index in [-0.39, 0.29) is 22.3 Å². The summed E-state index contributed by atoms with van der Waals surface area (Å²) >= 11 is 5.91. The molecule has 0 saturated heterocycles. The zero-order valence-electron chi connectivity index (χ0n) is 10.7. The fraction of sp³-hybridized carbons (Fsp3) is 0.500. The molecule has 0 atom stereocenters. The third-order valence-electron chi connectivity index (χ3n) is 2.11. The third kappa shape index (κ3) is 3.54. The van der Waals surface area contributed by atoms with Gasteiger partial charge < -0.3 is 4.98 Å². The number of H-pyrrole nitrogens is 1. The molecule has 2 N–H and O–H groups in total. The van der Waals surface area contributed by atoms with Gasteiger partial charge in [-0.25, -0.2) is 13.4 Å². The second kappa shape index (κ2) is 4.61. The molecular formula is C10H14ClN5O2S. The van der Waals surface area contributed by atoms with E-state index in [1.807, 2.05) is 20.8 Å². The molecule has 2 aromatic rings. The lowest BCUT2D eigenvalue weighted by Gasteiger charge is -2.18. The van der Waals surface area contributed by atoms with E-state index in [0.717, 1.165) is 0 Å². The molecule has 104 valence electrons. The first-order valence-electron chi connectivity index (χ1n) is 5.53. The summed E-state index contributed by atoms with van der Waals surface area (Å²) in [5, 5.41) is 0.121. The molecule has 0 aliphatic heterocycles. The van der Waals surface area contributed by atoms with Crippen molar-refractivity contribution in [2.75, 3.05) is 10.5 Å². The molecule has 0 saturated carbocycles. The number of nitrogens with one attached hydrogen (secondary N) is 2. The summed E-state index contributed by atoms with van der Waals surface area (Å²) < 4.78 is 26.2. The van der Waals surface area contributed by atoms with Crippen molar-refractivity contribution in [2.45, 2.75) is 20.8 Å². The van der Waals surface area contributed by atoms with Crippen molar-refractivity contribution in [3.63, 3.8) is 0 Å². The maximum Gasteiger partial charge on any atom is 0.240 e. The van der Waals surface area contributed by atoms with Crippen LogP contribution in [0.1, 0.15) is 20.8 Å². The van der Waals surface area contributed by atoms with Crippen LogP contribution in [0.15, 0.2) is 6.33 Å². The Labute approximate surface area is 115 Å². The fourth-order valence-electron chi connectivity index (χ4n) is 1.59. The van der Waals surface area contributed by atoms with Crippen molar-refractivity contribution in [1.82, 2.24) is 19.9 Å². The van der Waals surface area contributed by atoms with Gasteiger partial charge in [0.15, 0.2) is 10.8 Å². The van der Waals surface area contributed by atoms with Crippen molar-refractivity contribution in [3.8, 4) is 0 Å². The molecule has 9 heteroatoms. The van der Waals surface area contributed by atoms with E-state index in [2.05, 4.69) is 24.7 Å². The second-order valence-corrected chi connectivity index (χ2v) is 7.44. The highest BCUT2D eigenvalue weighted by atomic mass is 35.5. The third-order valence-corrected chi connectivity index (χ3v) is 4.12. The van der Waals surface area contributed by atoms with Crippen LogP contribution < -0.4 is 4.72 Å². The summed E-state index contributed by atoms with van der Waals surface area (Å²) in [4.78, 5) is 14.6. The number of sulfonamides is 1. The van der Waals surface area contributed by atoms with Crippen molar-refractivity contribution in [2.24, 2.45) is 5.41 Å². The number of hydrogen-bond acceptors (Lipinski definition) is 5. The second-order valence-electron chi connectivity index (χ2n) is 5.36. The zero-order valence-corrected chi connectivity index (χ0v) is 12.3. The van der Waals surface area contributed by atoms with Crippen molar-refractivity contribution < 1.29 is 8.42 Å². The van der Waals surface area contributed by atoms with Gasteiger partial charge >= 0.3 is 0 Å². The predicted octanol–water partition coefficient (Wildman–Crippen LogP) is 1.79. The number of fused-ring (bicyclic) bond motifs is 1. The van der Waals surface area contributed by atoms with Crippen LogP contribution in [0.25, 0.3) is 11.2 Å². The Morgan fingerprint density at radius 1 is 1.37 bits per heavy atom. The van der Waals surface area contributed by atoms with Gasteiger partial charge in [-0.05, 0) is 5.41 Å². The monoisotopic (exact) mass is 303 g/mol. The Balaban J connectivity index is 2.31. The van der Waals surface area contributed by atoms with Crippen LogP contribution in [-0.4, -0.2) is 34.1 Å². The van der Waals surface area contributed by atoms with Crippen molar-refractivity contribution in [1.29, 1.82) is 0 Å². The quantitative estimate of drug-likeness (QED) is 0.842. The number of hydrogen-bond donors (Lipinski definition) is 2. The van der Waals surface area contributed by atoms with Gasteiger partial charge in [0, 0.05) is 0 Å². The van der Waals surface area contributed by atoms with Gasteiger partial charge in [0.05, 0.1) is 12.1 Å². The van der Waals surface area contributed by atoms with Crippen molar-refractivity contribution >= 4 is 38.7 Å². The van der Waals surface area contributed by atoms with Crippen LogP contribution in [-0.2, 0) is 10.0 Å². The summed E-state index contributed by atoms with van der Waals surface area (Å²) in [6.45, 7) is 5.49. The molecule has 0 fully saturated rings. The van der Waals surface area contributed by atoms with Crippen LogP contribution in [0.4, 0.5) is 5.95 Å². The first-order chi connectivity index (χ1) is 8.66. The highest BCUT2D eigenvalue weighted by molar-refractivity contribution is 7.92. The van der Waals surface area contributed by atoms with Crippen LogP contribution >= 0.6 is 11.6 Å². The van der Waals surface area contributed by atoms with Gasteiger partial charge in [-0.3, -0.25) is 4.72 Å². The Morgan fingerprint density at radius 2 is 2.05 bits per heavy atom. The largest absolute Gasteiger partial charge is 0.341 e. The number of nitrogens with zero attached hydrogens (tertiary/aromatic N) is 3. The van der Waals surface area contributed by atoms with E-state index in [0.29, 0.717) is 11.2 Å². The number of aromatic nitrogens is 4. The molecule has 2 aromatic heterocycles. The average Bonchev–Trinajstić information content (AvgIpc) is 2.60. The number of halogens is 1. The van der Waals surface area contributed by atoms with Crippen LogP contribution in [0, 0.1) is 5.41 Å². The molecule has 0 bridgehead atoms. The Kier molecular flexibility index (Phi) is 3.40. The minimum atomic E-state index is -3.53. The number of rotatable bonds is 3. The molecule has 7 nitrogen and oxygen atoms in total. The molecule has 0 spiro atoms. The minimum absolute atomic E-state index is 0.0421. The molecule has 0 amide bonds. The van der Waals surface area contributed by atoms with Gasteiger partial charge in [-0.2, -0.15) is 9.97 Å². The molecule has 0 aliphatic carbocycles. The predicted molar refractivity (Wildman–Crippen MR) is 73.6 cm³/mol. The van der Waals surface area contributed by atoms with Gasteiger partial charge in [-0.1, -0.05) is 32.4 Å². The maximum atomic E-state index is 11.9. The van der Waals surface area contributed by atoms with Gasteiger partial charge in [0.2, 0.25) is 16.0 Å². The first-order valence-corrected chi connectivity index (χ1v) is 7.56. The zero-order chi connectivity index (χ0) is 14.3. The van der Waals surface area contributed by atoms with E-state index in [4.69, 9.17) is 11.6 Å². The van der Waals surface area contributed by atoms with E-state index >= 15 is 0 Å². The lowest BCUT2D eigenvalue weighted by molar-refractivity contribution is 0.463. The summed E-state index contributed by atoms with van der Waals surface area (Å²) in [7, 11) is -3.53. The Hall–Kier alpha value is -1.41. The molecule has 0 aliphatic rings. The highest BCUT2D eigenvalue weighted by Crippen LogP contribution is 2.21. The molecular weight excluding hydrogens is 290 g/mol. The SMILES string of the molecule is CC(C)(C)CS(=O)(=O)Nc1nc(Cl)c2[nH]cnc2n1. The average molecular weight is 304 g/mol. The molecule has 0 unspecified atom stereocenters. The number of aromatic amines is 1. The summed E-state index contributed by atoms with van der Waals surface area (Å²) in [5.74, 6) is -0.117.